The van der Waals surface area contributed by atoms with E-state index in [0.717, 1.165) is 0 Å². The summed E-state index contributed by atoms with van der Waals surface area (Å²) in [5, 5.41) is 2.52. The summed E-state index contributed by atoms with van der Waals surface area (Å²) in [5.41, 5.74) is 6.53. The molecule has 0 radical (unpaired) electrons. The number of nitrogens with two attached hydrogens (primary N) is 1. The zero-order valence-electron chi connectivity index (χ0n) is 9.32. The molecule has 0 fully saturated rings. The minimum Gasteiger partial charge on any atom is -0.399 e. The number of carbonyl (C=O) groups excluding carboxylic acids is 1. The van der Waals surface area contributed by atoms with Gasteiger partial charge in [0.25, 0.3) is 12.3 Å². The fraction of sp³-hybridized carbons (Fsp3) is 0.364. The highest BCUT2D eigenvalue weighted by atomic mass is 19.3. The quantitative estimate of drug-likeness (QED) is 0.777. The van der Waals surface area contributed by atoms with Gasteiger partial charge >= 0.3 is 0 Å². The molecule has 0 aliphatic rings. The third-order valence-corrected chi connectivity index (χ3v) is 2.00. The second kappa shape index (κ2) is 6.15. The maximum absolute atomic E-state index is 11.9. The molecule has 3 N–H and O–H groups in total. The maximum Gasteiger partial charge on any atom is 0.261 e. The van der Waals surface area contributed by atoms with Crippen LogP contribution in [-0.4, -0.2) is 25.0 Å². The third-order valence-electron chi connectivity index (χ3n) is 2.00. The molecule has 1 aromatic rings. The van der Waals surface area contributed by atoms with Crippen LogP contribution in [0.5, 0.6) is 0 Å². The Bertz CT molecular complexity index is 385. The maximum atomic E-state index is 11.9. The molecule has 4 nitrogen and oxygen atoms in total. The molecular weight excluding hydrogens is 230 g/mol. The summed E-state index contributed by atoms with van der Waals surface area (Å²) in [6, 6.07) is 6.56. The second-order valence-electron chi connectivity index (χ2n) is 3.48. The van der Waals surface area contributed by atoms with Gasteiger partial charge in [0.1, 0.15) is 12.7 Å². The second-order valence-corrected chi connectivity index (χ2v) is 3.48. The lowest BCUT2D eigenvalue weighted by Crippen LogP contribution is -2.29. The van der Waals surface area contributed by atoms with Crippen molar-refractivity contribution in [2.24, 2.45) is 0 Å². The smallest absolute Gasteiger partial charge is 0.261 e. The van der Waals surface area contributed by atoms with E-state index in [9.17, 15) is 13.6 Å². The molecule has 0 aliphatic heterocycles. The molecule has 0 saturated heterocycles. The number of carbonyl (C=O) groups is 1. The van der Waals surface area contributed by atoms with Crippen molar-refractivity contribution in [3.63, 3.8) is 0 Å². The first-order valence-corrected chi connectivity index (χ1v) is 5.05. The molecule has 1 aromatic carbocycles. The standard InChI is InChI=1S/C11H14F2N2O2/c1-7(17-6-10(12)13)11(16)15-9-4-2-3-8(14)5-9/h2-5,7,10H,6,14H2,1H3,(H,15,16). The van der Waals surface area contributed by atoms with Gasteiger partial charge in [-0.25, -0.2) is 8.78 Å². The Morgan fingerprint density at radius 1 is 1.53 bits per heavy atom. The molecule has 0 saturated carbocycles. The lowest BCUT2D eigenvalue weighted by Gasteiger charge is -2.13. The summed E-state index contributed by atoms with van der Waals surface area (Å²) >= 11 is 0. The normalized spacial score (nSPS) is 12.5. The van der Waals surface area contributed by atoms with Gasteiger partial charge in [-0.3, -0.25) is 4.79 Å². The molecular formula is C11H14F2N2O2. The Labute approximate surface area is 97.8 Å². The minimum atomic E-state index is -2.59. The number of nitrogens with one attached hydrogen (secondary N) is 1. The molecule has 17 heavy (non-hydrogen) atoms. The Morgan fingerprint density at radius 3 is 2.82 bits per heavy atom. The summed E-state index contributed by atoms with van der Waals surface area (Å²) in [6.07, 6.45) is -3.52. The van der Waals surface area contributed by atoms with Crippen LogP contribution >= 0.6 is 0 Å². The fourth-order valence-electron chi connectivity index (χ4n) is 1.15. The zero-order chi connectivity index (χ0) is 12.8. The van der Waals surface area contributed by atoms with E-state index in [1.165, 1.54) is 6.92 Å². The number of amides is 1. The van der Waals surface area contributed by atoms with Gasteiger partial charge in [-0.2, -0.15) is 0 Å². The summed E-state index contributed by atoms with van der Waals surface area (Å²) in [7, 11) is 0. The number of halogens is 2. The molecule has 0 aromatic heterocycles. The van der Waals surface area contributed by atoms with Crippen molar-refractivity contribution in [1.82, 2.24) is 0 Å². The predicted octanol–water partition coefficient (Wildman–Crippen LogP) is 1.88. The highest BCUT2D eigenvalue weighted by molar-refractivity contribution is 5.94. The average molecular weight is 244 g/mol. The number of benzene rings is 1. The molecule has 1 rings (SSSR count). The summed E-state index contributed by atoms with van der Waals surface area (Å²) < 4.78 is 28.4. The van der Waals surface area contributed by atoms with Crippen LogP contribution in [0, 0.1) is 0 Å². The Hall–Kier alpha value is -1.69. The van der Waals surface area contributed by atoms with E-state index >= 15 is 0 Å². The summed E-state index contributed by atoms with van der Waals surface area (Å²) in [6.45, 7) is 0.648. The van der Waals surface area contributed by atoms with Gasteiger partial charge in [0.05, 0.1) is 0 Å². The predicted molar refractivity (Wildman–Crippen MR) is 60.9 cm³/mol. The van der Waals surface area contributed by atoms with Gasteiger partial charge in [-0.1, -0.05) is 6.07 Å². The zero-order valence-corrected chi connectivity index (χ0v) is 9.32. The van der Waals surface area contributed by atoms with Crippen LogP contribution in [-0.2, 0) is 9.53 Å². The van der Waals surface area contributed by atoms with Crippen molar-refractivity contribution >= 4 is 17.3 Å². The molecule has 94 valence electrons. The SMILES string of the molecule is CC(OCC(F)F)C(=O)Nc1cccc(N)c1. The molecule has 0 aliphatic carbocycles. The number of alkyl halides is 2. The van der Waals surface area contributed by atoms with Crippen molar-refractivity contribution < 1.29 is 18.3 Å². The molecule has 1 amide bonds. The van der Waals surface area contributed by atoms with Crippen LogP contribution < -0.4 is 11.1 Å². The van der Waals surface area contributed by atoms with E-state index in [1.54, 1.807) is 24.3 Å². The van der Waals surface area contributed by atoms with Gasteiger partial charge in [0, 0.05) is 11.4 Å². The Balaban J connectivity index is 2.48. The van der Waals surface area contributed by atoms with Gasteiger partial charge in [0.2, 0.25) is 0 Å². The monoisotopic (exact) mass is 244 g/mol. The van der Waals surface area contributed by atoms with Gasteiger partial charge in [-0.05, 0) is 25.1 Å². The average Bonchev–Trinajstić information content (AvgIpc) is 2.25. The fourth-order valence-corrected chi connectivity index (χ4v) is 1.15. The van der Waals surface area contributed by atoms with Crippen LogP contribution in [0.2, 0.25) is 0 Å². The van der Waals surface area contributed by atoms with Gasteiger partial charge in [0.15, 0.2) is 0 Å². The van der Waals surface area contributed by atoms with Crippen LogP contribution in [0.15, 0.2) is 24.3 Å². The number of ether oxygens (including phenoxy) is 1. The topological polar surface area (TPSA) is 64.3 Å². The lowest BCUT2D eigenvalue weighted by molar-refractivity contribution is -0.128. The molecule has 0 bridgehead atoms. The van der Waals surface area contributed by atoms with Gasteiger partial charge in [-0.15, -0.1) is 0 Å². The van der Waals surface area contributed by atoms with E-state index in [0.29, 0.717) is 11.4 Å². The third kappa shape index (κ3) is 4.78. The highest BCUT2D eigenvalue weighted by Gasteiger charge is 2.15. The minimum absolute atomic E-state index is 0.490. The first kappa shape index (κ1) is 13.4. The van der Waals surface area contributed by atoms with Crippen LogP contribution in [0.1, 0.15) is 6.92 Å². The van der Waals surface area contributed by atoms with Crippen LogP contribution in [0.25, 0.3) is 0 Å². The summed E-state index contributed by atoms with van der Waals surface area (Å²) in [5.74, 6) is -0.490. The van der Waals surface area contributed by atoms with Gasteiger partial charge < -0.3 is 15.8 Å². The molecule has 1 unspecified atom stereocenters. The van der Waals surface area contributed by atoms with E-state index in [2.05, 4.69) is 10.1 Å². The highest BCUT2D eigenvalue weighted by Crippen LogP contribution is 2.12. The van der Waals surface area contributed by atoms with Crippen LogP contribution in [0.4, 0.5) is 20.2 Å². The number of nitrogen functional groups attached to an aromatic ring is 1. The van der Waals surface area contributed by atoms with Crippen molar-refractivity contribution in [2.45, 2.75) is 19.5 Å². The Kier molecular flexibility index (Phi) is 4.84. The number of hydrogen-bond acceptors (Lipinski definition) is 3. The lowest BCUT2D eigenvalue weighted by atomic mass is 10.2. The molecule has 6 heteroatoms. The number of hydrogen-bond donors (Lipinski definition) is 2. The molecule has 0 heterocycles. The molecule has 1 atom stereocenters. The van der Waals surface area contributed by atoms with E-state index in [1.807, 2.05) is 0 Å². The Morgan fingerprint density at radius 2 is 2.24 bits per heavy atom. The first-order valence-electron chi connectivity index (χ1n) is 5.05. The first-order chi connectivity index (χ1) is 7.99. The largest absolute Gasteiger partial charge is 0.399 e. The van der Waals surface area contributed by atoms with Crippen molar-refractivity contribution in [1.29, 1.82) is 0 Å². The van der Waals surface area contributed by atoms with E-state index in [4.69, 9.17) is 5.73 Å². The van der Waals surface area contributed by atoms with Crippen LogP contribution in [0.3, 0.4) is 0 Å². The summed E-state index contributed by atoms with van der Waals surface area (Å²) in [4.78, 5) is 11.5. The van der Waals surface area contributed by atoms with E-state index in [-0.39, 0.29) is 0 Å². The van der Waals surface area contributed by atoms with Crippen molar-refractivity contribution in [3.8, 4) is 0 Å². The number of anilines is 2. The van der Waals surface area contributed by atoms with Crippen molar-refractivity contribution in [3.05, 3.63) is 24.3 Å². The number of rotatable bonds is 5. The van der Waals surface area contributed by atoms with Crippen molar-refractivity contribution in [2.75, 3.05) is 17.7 Å². The molecule has 0 spiro atoms. The van der Waals surface area contributed by atoms with E-state index < -0.39 is 25.0 Å².